The molecule has 0 aromatic carbocycles. The van der Waals surface area contributed by atoms with Gasteiger partial charge in [0, 0.05) is 5.41 Å². The van der Waals surface area contributed by atoms with Gasteiger partial charge in [0.15, 0.2) is 0 Å². The minimum Gasteiger partial charge on any atom is -0.481 e. The molecule has 4 atom stereocenters. The number of hydrogen-bond acceptors (Lipinski definition) is 4. The predicted octanol–water partition coefficient (Wildman–Crippen LogP) is 5.13. The van der Waals surface area contributed by atoms with Gasteiger partial charge in [-0.2, -0.15) is 0 Å². The molecule has 29 heavy (non-hydrogen) atoms. The second kappa shape index (κ2) is 7.40. The molecule has 1 N–H and O–H groups in total. The summed E-state index contributed by atoms with van der Waals surface area (Å²) in [5.41, 5.74) is -0.114. The molecule has 0 aromatic rings. The molecule has 3 rings (SSSR count). The van der Waals surface area contributed by atoms with E-state index in [1.165, 1.54) is 6.42 Å². The van der Waals surface area contributed by atoms with Gasteiger partial charge in [-0.1, -0.05) is 47.1 Å². The Balaban J connectivity index is 2.00. The Hall–Kier alpha value is -1.36. The number of aliphatic carboxylic acids is 1. The Labute approximate surface area is 175 Å². The zero-order chi connectivity index (χ0) is 21.7. The van der Waals surface area contributed by atoms with Crippen molar-refractivity contribution in [3.05, 3.63) is 11.6 Å². The number of esters is 1. The lowest BCUT2D eigenvalue weighted by atomic mass is 9.46. The minimum absolute atomic E-state index is 0.00203. The SMILES string of the molecule is CC(C)C(=O)OCC1=CCC2C(C)(C)CCCC2(C)C12CCC(C)(CC(=O)O)O2. The zero-order valence-corrected chi connectivity index (χ0v) is 19.0. The lowest BCUT2D eigenvalue weighted by molar-refractivity contribution is -0.196. The summed E-state index contributed by atoms with van der Waals surface area (Å²) in [5.74, 6) is -0.749. The van der Waals surface area contributed by atoms with Gasteiger partial charge in [-0.3, -0.25) is 9.59 Å². The molecular weight excluding hydrogens is 368 g/mol. The smallest absolute Gasteiger partial charge is 0.308 e. The largest absolute Gasteiger partial charge is 0.481 e. The molecule has 4 unspecified atom stereocenters. The molecule has 0 radical (unpaired) electrons. The number of carbonyl (C=O) groups excluding carboxylic acids is 1. The fourth-order valence-corrected chi connectivity index (χ4v) is 6.50. The highest BCUT2D eigenvalue weighted by molar-refractivity contribution is 5.71. The van der Waals surface area contributed by atoms with Crippen LogP contribution in [0.4, 0.5) is 0 Å². The van der Waals surface area contributed by atoms with E-state index in [1.807, 2.05) is 20.8 Å². The molecule has 2 aliphatic carbocycles. The fraction of sp³-hybridized carbons (Fsp3) is 0.833. The van der Waals surface area contributed by atoms with Crippen molar-refractivity contribution in [2.24, 2.45) is 22.7 Å². The number of rotatable bonds is 5. The molecule has 164 valence electrons. The van der Waals surface area contributed by atoms with Gasteiger partial charge in [-0.15, -0.1) is 0 Å². The van der Waals surface area contributed by atoms with E-state index in [2.05, 4.69) is 26.8 Å². The van der Waals surface area contributed by atoms with Crippen LogP contribution in [0.1, 0.15) is 86.5 Å². The van der Waals surface area contributed by atoms with Crippen LogP contribution in [0.25, 0.3) is 0 Å². The summed E-state index contributed by atoms with van der Waals surface area (Å²) in [4.78, 5) is 23.7. The van der Waals surface area contributed by atoms with Crippen molar-refractivity contribution >= 4 is 11.9 Å². The summed E-state index contributed by atoms with van der Waals surface area (Å²) in [6.07, 6.45) is 8.07. The van der Waals surface area contributed by atoms with E-state index in [1.54, 1.807) is 0 Å². The average Bonchev–Trinajstić information content (AvgIpc) is 2.93. The van der Waals surface area contributed by atoms with Crippen LogP contribution in [0.5, 0.6) is 0 Å². The van der Waals surface area contributed by atoms with Gasteiger partial charge < -0.3 is 14.6 Å². The third-order valence-corrected chi connectivity index (χ3v) is 8.06. The molecule has 0 amide bonds. The highest BCUT2D eigenvalue weighted by Crippen LogP contribution is 2.66. The van der Waals surface area contributed by atoms with Gasteiger partial charge in [-0.05, 0) is 55.9 Å². The first kappa shape index (κ1) is 22.3. The predicted molar refractivity (Wildman–Crippen MR) is 111 cm³/mol. The molecule has 5 heteroatoms. The second-order valence-corrected chi connectivity index (χ2v) is 11.0. The van der Waals surface area contributed by atoms with E-state index in [9.17, 15) is 14.7 Å². The van der Waals surface area contributed by atoms with Crippen molar-refractivity contribution in [3.63, 3.8) is 0 Å². The van der Waals surface area contributed by atoms with Crippen molar-refractivity contribution in [3.8, 4) is 0 Å². The Morgan fingerprint density at radius 3 is 2.48 bits per heavy atom. The Kier molecular flexibility index (Phi) is 5.70. The van der Waals surface area contributed by atoms with Gasteiger partial charge in [0.05, 0.1) is 23.5 Å². The molecular formula is C24H38O5. The summed E-state index contributed by atoms with van der Waals surface area (Å²) in [6.45, 7) is 12.9. The van der Waals surface area contributed by atoms with Crippen LogP contribution in [0, 0.1) is 22.7 Å². The Morgan fingerprint density at radius 2 is 1.86 bits per heavy atom. The number of carbonyl (C=O) groups is 2. The molecule has 1 heterocycles. The number of ether oxygens (including phenoxy) is 2. The van der Waals surface area contributed by atoms with Crippen molar-refractivity contribution in [1.82, 2.24) is 0 Å². The van der Waals surface area contributed by atoms with Gasteiger partial charge in [0.1, 0.15) is 6.61 Å². The number of hydrogen-bond donors (Lipinski definition) is 1. The molecule has 0 aromatic heterocycles. The second-order valence-electron chi connectivity index (χ2n) is 11.0. The van der Waals surface area contributed by atoms with E-state index in [0.29, 0.717) is 12.3 Å². The first-order valence-electron chi connectivity index (χ1n) is 11.1. The van der Waals surface area contributed by atoms with Crippen LogP contribution in [-0.4, -0.2) is 34.9 Å². The van der Waals surface area contributed by atoms with Crippen molar-refractivity contribution in [1.29, 1.82) is 0 Å². The normalized spacial score (nSPS) is 38.6. The zero-order valence-electron chi connectivity index (χ0n) is 19.0. The van der Waals surface area contributed by atoms with Gasteiger partial charge in [0.25, 0.3) is 0 Å². The number of fused-ring (bicyclic) bond motifs is 2. The maximum atomic E-state index is 12.2. The van der Waals surface area contributed by atoms with Gasteiger partial charge >= 0.3 is 11.9 Å². The lowest BCUT2D eigenvalue weighted by Gasteiger charge is -2.61. The van der Waals surface area contributed by atoms with Crippen LogP contribution in [0.3, 0.4) is 0 Å². The van der Waals surface area contributed by atoms with Crippen LogP contribution < -0.4 is 0 Å². The molecule has 0 bridgehead atoms. The maximum absolute atomic E-state index is 12.2. The third kappa shape index (κ3) is 3.75. The summed E-state index contributed by atoms with van der Waals surface area (Å²) in [6, 6.07) is 0. The first-order valence-corrected chi connectivity index (χ1v) is 11.1. The molecule has 1 saturated heterocycles. The molecule has 1 spiro atoms. The highest BCUT2D eigenvalue weighted by atomic mass is 16.5. The van der Waals surface area contributed by atoms with E-state index in [4.69, 9.17) is 9.47 Å². The quantitative estimate of drug-likeness (QED) is 0.506. The molecule has 5 nitrogen and oxygen atoms in total. The van der Waals surface area contributed by atoms with E-state index < -0.39 is 17.2 Å². The Morgan fingerprint density at radius 1 is 1.17 bits per heavy atom. The van der Waals surface area contributed by atoms with Gasteiger partial charge in [-0.25, -0.2) is 0 Å². The van der Waals surface area contributed by atoms with Crippen LogP contribution in [-0.2, 0) is 19.1 Å². The number of allylic oxidation sites excluding steroid dienone is 1. The molecule has 2 fully saturated rings. The minimum atomic E-state index is -0.831. The molecule has 3 aliphatic rings. The summed E-state index contributed by atoms with van der Waals surface area (Å²) >= 11 is 0. The maximum Gasteiger partial charge on any atom is 0.308 e. The summed E-state index contributed by atoms with van der Waals surface area (Å²) in [7, 11) is 0. The van der Waals surface area contributed by atoms with Crippen LogP contribution in [0.2, 0.25) is 0 Å². The first-order chi connectivity index (χ1) is 13.4. The van der Waals surface area contributed by atoms with Crippen LogP contribution >= 0.6 is 0 Å². The van der Waals surface area contributed by atoms with Crippen LogP contribution in [0.15, 0.2) is 11.6 Å². The van der Waals surface area contributed by atoms with E-state index in [-0.39, 0.29) is 35.7 Å². The monoisotopic (exact) mass is 406 g/mol. The number of carboxylic acids is 1. The Bertz CT molecular complexity index is 708. The average molecular weight is 407 g/mol. The fourth-order valence-electron chi connectivity index (χ4n) is 6.50. The lowest BCUT2D eigenvalue weighted by Crippen LogP contribution is -2.60. The van der Waals surface area contributed by atoms with Gasteiger partial charge in [0.2, 0.25) is 0 Å². The number of carboxylic acid groups (broad SMARTS) is 1. The molecule has 1 aliphatic heterocycles. The van der Waals surface area contributed by atoms with E-state index >= 15 is 0 Å². The van der Waals surface area contributed by atoms with Crippen molar-refractivity contribution < 1.29 is 24.2 Å². The van der Waals surface area contributed by atoms with Crippen molar-refractivity contribution in [2.45, 2.75) is 97.7 Å². The van der Waals surface area contributed by atoms with Crippen molar-refractivity contribution in [2.75, 3.05) is 6.61 Å². The summed E-state index contributed by atoms with van der Waals surface area (Å²) in [5, 5.41) is 9.44. The third-order valence-electron chi connectivity index (χ3n) is 8.06. The van der Waals surface area contributed by atoms with E-state index in [0.717, 1.165) is 31.3 Å². The highest BCUT2D eigenvalue weighted by Gasteiger charge is 2.65. The standard InChI is InChI=1S/C24H38O5/c1-16(2)20(27)28-15-17-8-9-18-21(3,4)10-7-11-23(18,6)24(17)13-12-22(5,29-24)14-19(25)26/h8,16,18H,7,9-15H2,1-6H3,(H,25,26). The molecule has 1 saturated carbocycles. The summed E-state index contributed by atoms with van der Waals surface area (Å²) < 4.78 is 12.5. The topological polar surface area (TPSA) is 72.8 Å².